The lowest BCUT2D eigenvalue weighted by atomic mass is 9.80. The fourth-order valence-corrected chi connectivity index (χ4v) is 2.13. The highest BCUT2D eigenvalue weighted by molar-refractivity contribution is 5.75. The average molecular weight is 229 g/mol. The maximum atomic E-state index is 11.6. The molecule has 0 saturated heterocycles. The molecule has 1 rings (SSSR count). The number of nitrogens with two attached hydrogens (primary N) is 1. The summed E-state index contributed by atoms with van der Waals surface area (Å²) < 4.78 is 10.4. The van der Waals surface area contributed by atoms with Crippen LogP contribution in [-0.2, 0) is 14.3 Å². The first-order chi connectivity index (χ1) is 7.58. The lowest BCUT2D eigenvalue weighted by Crippen LogP contribution is -2.37. The average Bonchev–Trinajstić information content (AvgIpc) is 2.25. The molecular weight excluding hydrogens is 206 g/mol. The summed E-state index contributed by atoms with van der Waals surface area (Å²) in [6, 6.07) is 0. The van der Waals surface area contributed by atoms with Gasteiger partial charge in [0, 0.05) is 13.7 Å². The van der Waals surface area contributed by atoms with Gasteiger partial charge in [0.05, 0.1) is 0 Å². The molecule has 0 spiro atoms. The van der Waals surface area contributed by atoms with Gasteiger partial charge in [-0.05, 0) is 31.1 Å². The van der Waals surface area contributed by atoms with Crippen molar-refractivity contribution in [1.82, 2.24) is 0 Å². The Bertz CT molecular complexity index is 228. The van der Waals surface area contributed by atoms with Gasteiger partial charge in [-0.25, -0.2) is 4.79 Å². The number of hydrogen-bond acceptors (Lipinski definition) is 4. The van der Waals surface area contributed by atoms with Crippen molar-refractivity contribution in [3.63, 3.8) is 0 Å². The van der Waals surface area contributed by atoms with Crippen LogP contribution < -0.4 is 5.73 Å². The van der Waals surface area contributed by atoms with Gasteiger partial charge in [-0.3, -0.25) is 0 Å². The number of carbonyl (C=O) groups excluding carboxylic acids is 1. The number of ether oxygens (including phenoxy) is 2. The standard InChI is InChI=1S/C12H23NO3/c1-8-4-5-10(6-9(8)2)16-12(14)11(7-13)15-3/h8-11H,4-7,13H2,1-3H3. The van der Waals surface area contributed by atoms with Gasteiger partial charge in [0.15, 0.2) is 6.10 Å². The van der Waals surface area contributed by atoms with Gasteiger partial charge in [0.2, 0.25) is 0 Å². The molecule has 94 valence electrons. The monoisotopic (exact) mass is 229 g/mol. The van der Waals surface area contributed by atoms with Crippen molar-refractivity contribution in [3.8, 4) is 0 Å². The minimum atomic E-state index is -0.616. The molecule has 1 saturated carbocycles. The minimum absolute atomic E-state index is 0.0444. The fourth-order valence-electron chi connectivity index (χ4n) is 2.13. The third-order valence-electron chi connectivity index (χ3n) is 3.59. The Hall–Kier alpha value is -0.610. The zero-order chi connectivity index (χ0) is 12.1. The maximum Gasteiger partial charge on any atom is 0.336 e. The van der Waals surface area contributed by atoms with Crippen LogP contribution in [0.4, 0.5) is 0 Å². The SMILES string of the molecule is COC(CN)C(=O)OC1CCC(C)C(C)C1. The molecule has 4 atom stereocenters. The molecule has 0 aromatic heterocycles. The first-order valence-electron chi connectivity index (χ1n) is 6.01. The zero-order valence-corrected chi connectivity index (χ0v) is 10.4. The molecule has 1 fully saturated rings. The van der Waals surface area contributed by atoms with E-state index in [1.807, 2.05) is 0 Å². The molecule has 0 aromatic carbocycles. The summed E-state index contributed by atoms with van der Waals surface area (Å²) in [5.74, 6) is 1.02. The van der Waals surface area contributed by atoms with E-state index >= 15 is 0 Å². The fraction of sp³-hybridized carbons (Fsp3) is 0.917. The maximum absolute atomic E-state index is 11.6. The lowest BCUT2D eigenvalue weighted by molar-refractivity contribution is -0.163. The van der Waals surface area contributed by atoms with E-state index < -0.39 is 6.10 Å². The van der Waals surface area contributed by atoms with Gasteiger partial charge >= 0.3 is 5.97 Å². The Labute approximate surface area is 97.5 Å². The molecule has 1 aliphatic carbocycles. The van der Waals surface area contributed by atoms with E-state index in [1.165, 1.54) is 7.11 Å². The topological polar surface area (TPSA) is 61.5 Å². The molecule has 4 unspecified atom stereocenters. The Balaban J connectivity index is 2.40. The summed E-state index contributed by atoms with van der Waals surface area (Å²) in [6.45, 7) is 4.63. The molecule has 0 heterocycles. The summed E-state index contributed by atoms with van der Waals surface area (Å²) in [5.41, 5.74) is 5.41. The number of methoxy groups -OCH3 is 1. The predicted octanol–water partition coefficient (Wildman–Crippen LogP) is 1.33. The summed E-state index contributed by atoms with van der Waals surface area (Å²) in [6.07, 6.45) is 2.46. The van der Waals surface area contributed by atoms with Crippen LogP contribution in [0.25, 0.3) is 0 Å². The Morgan fingerprint density at radius 2 is 2.06 bits per heavy atom. The Morgan fingerprint density at radius 3 is 2.56 bits per heavy atom. The van der Waals surface area contributed by atoms with Crippen molar-refractivity contribution >= 4 is 5.97 Å². The van der Waals surface area contributed by atoms with E-state index in [-0.39, 0.29) is 18.6 Å². The number of hydrogen-bond donors (Lipinski definition) is 1. The Kier molecular flexibility index (Phi) is 5.22. The van der Waals surface area contributed by atoms with Crippen molar-refractivity contribution in [3.05, 3.63) is 0 Å². The second-order valence-corrected chi connectivity index (χ2v) is 4.79. The number of carbonyl (C=O) groups is 1. The first-order valence-corrected chi connectivity index (χ1v) is 6.01. The second-order valence-electron chi connectivity index (χ2n) is 4.79. The van der Waals surface area contributed by atoms with Crippen LogP contribution in [0.2, 0.25) is 0 Å². The normalized spacial score (nSPS) is 32.1. The van der Waals surface area contributed by atoms with Crippen LogP contribution in [0.3, 0.4) is 0 Å². The Morgan fingerprint density at radius 1 is 1.38 bits per heavy atom. The molecule has 1 aliphatic rings. The van der Waals surface area contributed by atoms with Gasteiger partial charge in [0.1, 0.15) is 6.10 Å². The van der Waals surface area contributed by atoms with E-state index in [1.54, 1.807) is 0 Å². The van der Waals surface area contributed by atoms with Crippen LogP contribution in [-0.4, -0.2) is 31.8 Å². The molecule has 0 aromatic rings. The highest BCUT2D eigenvalue weighted by Gasteiger charge is 2.29. The molecule has 0 bridgehead atoms. The van der Waals surface area contributed by atoms with Gasteiger partial charge in [-0.15, -0.1) is 0 Å². The lowest BCUT2D eigenvalue weighted by Gasteiger charge is -2.32. The van der Waals surface area contributed by atoms with Crippen LogP contribution in [0, 0.1) is 11.8 Å². The number of esters is 1. The zero-order valence-electron chi connectivity index (χ0n) is 10.4. The van der Waals surface area contributed by atoms with Crippen LogP contribution in [0.15, 0.2) is 0 Å². The van der Waals surface area contributed by atoms with Gasteiger partial charge in [0.25, 0.3) is 0 Å². The quantitative estimate of drug-likeness (QED) is 0.739. The number of rotatable bonds is 4. The largest absolute Gasteiger partial charge is 0.460 e. The molecule has 2 N–H and O–H groups in total. The van der Waals surface area contributed by atoms with Gasteiger partial charge in [-0.1, -0.05) is 13.8 Å². The third-order valence-corrected chi connectivity index (χ3v) is 3.59. The van der Waals surface area contributed by atoms with Crippen LogP contribution in [0.1, 0.15) is 33.1 Å². The molecular formula is C12H23NO3. The van der Waals surface area contributed by atoms with E-state index in [2.05, 4.69) is 13.8 Å². The highest BCUT2D eigenvalue weighted by atomic mass is 16.6. The molecule has 0 aliphatic heterocycles. The van der Waals surface area contributed by atoms with Crippen LogP contribution >= 0.6 is 0 Å². The summed E-state index contributed by atoms with van der Waals surface area (Å²) in [5, 5.41) is 0. The highest BCUT2D eigenvalue weighted by Crippen LogP contribution is 2.31. The predicted molar refractivity (Wildman–Crippen MR) is 61.9 cm³/mol. The van der Waals surface area contributed by atoms with Crippen molar-refractivity contribution in [1.29, 1.82) is 0 Å². The molecule has 16 heavy (non-hydrogen) atoms. The van der Waals surface area contributed by atoms with Crippen molar-refractivity contribution in [2.24, 2.45) is 17.6 Å². The van der Waals surface area contributed by atoms with Crippen molar-refractivity contribution in [2.45, 2.75) is 45.3 Å². The van der Waals surface area contributed by atoms with Gasteiger partial charge < -0.3 is 15.2 Å². The second kappa shape index (κ2) is 6.21. The van der Waals surface area contributed by atoms with E-state index in [9.17, 15) is 4.79 Å². The van der Waals surface area contributed by atoms with E-state index in [0.717, 1.165) is 25.2 Å². The van der Waals surface area contributed by atoms with Crippen molar-refractivity contribution in [2.75, 3.05) is 13.7 Å². The summed E-state index contributed by atoms with van der Waals surface area (Å²) in [4.78, 5) is 11.6. The summed E-state index contributed by atoms with van der Waals surface area (Å²) in [7, 11) is 1.48. The van der Waals surface area contributed by atoms with Crippen molar-refractivity contribution < 1.29 is 14.3 Å². The van der Waals surface area contributed by atoms with E-state index in [4.69, 9.17) is 15.2 Å². The van der Waals surface area contributed by atoms with E-state index in [0.29, 0.717) is 5.92 Å². The molecule has 0 radical (unpaired) electrons. The molecule has 4 heteroatoms. The summed E-state index contributed by atoms with van der Waals surface area (Å²) >= 11 is 0. The van der Waals surface area contributed by atoms with Crippen LogP contribution in [0.5, 0.6) is 0 Å². The first kappa shape index (κ1) is 13.5. The third kappa shape index (κ3) is 3.46. The minimum Gasteiger partial charge on any atom is -0.460 e. The molecule has 0 amide bonds. The van der Waals surface area contributed by atoms with Gasteiger partial charge in [-0.2, -0.15) is 0 Å². The smallest absolute Gasteiger partial charge is 0.336 e. The molecule has 4 nitrogen and oxygen atoms in total.